The molecule has 0 aliphatic rings. The van der Waals surface area contributed by atoms with E-state index in [1.165, 1.54) is 18.2 Å². The molecule has 2 aromatic rings. The third kappa shape index (κ3) is 2.90. The van der Waals surface area contributed by atoms with E-state index < -0.39 is 17.7 Å². The second kappa shape index (κ2) is 6.43. The lowest BCUT2D eigenvalue weighted by atomic mass is 10.0. The number of likely N-dealkylation sites (N-methyl/N-ethyl adjacent to an activating group) is 1. The van der Waals surface area contributed by atoms with Crippen molar-refractivity contribution in [2.45, 2.75) is 19.0 Å². The minimum atomic E-state index is -0.550. The SMILES string of the molecule is CC(c1cccs1)N(C)C(CN)c1c(F)cccc1F. The van der Waals surface area contributed by atoms with Crippen LogP contribution in [-0.4, -0.2) is 18.5 Å². The van der Waals surface area contributed by atoms with Crippen LogP contribution in [0.3, 0.4) is 0 Å². The van der Waals surface area contributed by atoms with Gasteiger partial charge in [-0.15, -0.1) is 11.3 Å². The molecule has 0 saturated carbocycles. The van der Waals surface area contributed by atoms with Crippen LogP contribution in [0.1, 0.15) is 29.4 Å². The largest absolute Gasteiger partial charge is 0.329 e. The van der Waals surface area contributed by atoms with Crippen LogP contribution in [0, 0.1) is 11.6 Å². The Bertz CT molecular complexity index is 537. The minimum Gasteiger partial charge on any atom is -0.329 e. The van der Waals surface area contributed by atoms with Crippen molar-refractivity contribution in [2.24, 2.45) is 5.73 Å². The van der Waals surface area contributed by atoms with Gasteiger partial charge in [0.05, 0.1) is 6.04 Å². The molecule has 108 valence electrons. The van der Waals surface area contributed by atoms with E-state index in [1.807, 2.05) is 36.4 Å². The van der Waals surface area contributed by atoms with Gasteiger partial charge in [-0.1, -0.05) is 12.1 Å². The number of nitrogens with zero attached hydrogens (tertiary/aromatic N) is 1. The molecule has 0 aliphatic heterocycles. The molecule has 2 unspecified atom stereocenters. The van der Waals surface area contributed by atoms with Crippen LogP contribution in [0.5, 0.6) is 0 Å². The quantitative estimate of drug-likeness (QED) is 0.911. The Labute approximate surface area is 121 Å². The molecule has 5 heteroatoms. The molecule has 2 N–H and O–H groups in total. The number of hydrogen-bond acceptors (Lipinski definition) is 3. The number of thiophene rings is 1. The highest BCUT2D eigenvalue weighted by molar-refractivity contribution is 7.10. The van der Waals surface area contributed by atoms with E-state index >= 15 is 0 Å². The summed E-state index contributed by atoms with van der Waals surface area (Å²) in [6.45, 7) is 2.16. The molecule has 2 atom stereocenters. The first-order chi connectivity index (χ1) is 9.56. The number of halogens is 2. The van der Waals surface area contributed by atoms with Gasteiger partial charge in [0.1, 0.15) is 11.6 Å². The van der Waals surface area contributed by atoms with Gasteiger partial charge in [0.2, 0.25) is 0 Å². The molecule has 0 aliphatic carbocycles. The summed E-state index contributed by atoms with van der Waals surface area (Å²) in [6, 6.07) is 7.43. The normalized spacial score (nSPS) is 14.5. The van der Waals surface area contributed by atoms with Gasteiger partial charge in [-0.05, 0) is 37.6 Å². The monoisotopic (exact) mass is 296 g/mol. The van der Waals surface area contributed by atoms with E-state index in [9.17, 15) is 8.78 Å². The maximum Gasteiger partial charge on any atom is 0.130 e. The number of hydrogen-bond donors (Lipinski definition) is 1. The summed E-state index contributed by atoms with van der Waals surface area (Å²) in [7, 11) is 1.84. The van der Waals surface area contributed by atoms with Crippen LogP contribution < -0.4 is 5.73 Å². The fourth-order valence-electron chi connectivity index (χ4n) is 2.32. The lowest BCUT2D eigenvalue weighted by Gasteiger charge is -2.32. The average molecular weight is 296 g/mol. The van der Waals surface area contributed by atoms with E-state index in [0.717, 1.165) is 4.88 Å². The lowest BCUT2D eigenvalue weighted by molar-refractivity contribution is 0.185. The molecule has 1 heterocycles. The molecular weight excluding hydrogens is 278 g/mol. The summed E-state index contributed by atoms with van der Waals surface area (Å²) in [5.74, 6) is -1.10. The minimum absolute atomic E-state index is 0.0425. The van der Waals surface area contributed by atoms with Crippen molar-refractivity contribution in [1.29, 1.82) is 0 Å². The van der Waals surface area contributed by atoms with Crippen molar-refractivity contribution in [2.75, 3.05) is 13.6 Å². The first kappa shape index (κ1) is 15.1. The highest BCUT2D eigenvalue weighted by atomic mass is 32.1. The molecule has 0 fully saturated rings. The van der Waals surface area contributed by atoms with E-state index in [1.54, 1.807) is 11.3 Å². The number of rotatable bonds is 5. The molecule has 0 bridgehead atoms. The molecule has 20 heavy (non-hydrogen) atoms. The standard InChI is InChI=1S/C15H18F2N2S/c1-10(14-7-4-8-20-14)19(2)13(9-18)15-11(16)5-3-6-12(15)17/h3-8,10,13H,9,18H2,1-2H3. The van der Waals surface area contributed by atoms with Crippen molar-refractivity contribution >= 4 is 11.3 Å². The van der Waals surface area contributed by atoms with Crippen LogP contribution in [0.25, 0.3) is 0 Å². The van der Waals surface area contributed by atoms with E-state index in [0.29, 0.717) is 0 Å². The van der Waals surface area contributed by atoms with Crippen molar-refractivity contribution in [3.05, 3.63) is 57.8 Å². The van der Waals surface area contributed by atoms with E-state index in [4.69, 9.17) is 5.73 Å². The second-order valence-corrected chi connectivity index (χ2v) is 5.72. The Hall–Kier alpha value is -1.30. The number of nitrogens with two attached hydrogens (primary N) is 1. The van der Waals surface area contributed by atoms with Gasteiger partial charge in [-0.25, -0.2) is 8.78 Å². The summed E-state index contributed by atoms with van der Waals surface area (Å²) in [6.07, 6.45) is 0. The van der Waals surface area contributed by atoms with Gasteiger partial charge in [-0.3, -0.25) is 4.90 Å². The predicted molar refractivity (Wildman–Crippen MR) is 78.7 cm³/mol. The third-order valence-electron chi connectivity index (χ3n) is 3.61. The molecule has 0 amide bonds. The highest BCUT2D eigenvalue weighted by Crippen LogP contribution is 2.32. The maximum absolute atomic E-state index is 13.9. The van der Waals surface area contributed by atoms with Crippen molar-refractivity contribution < 1.29 is 8.78 Å². The zero-order valence-electron chi connectivity index (χ0n) is 11.5. The van der Waals surface area contributed by atoms with Gasteiger partial charge >= 0.3 is 0 Å². The van der Waals surface area contributed by atoms with Crippen molar-refractivity contribution in [1.82, 2.24) is 4.90 Å². The number of benzene rings is 1. The fraction of sp³-hybridized carbons (Fsp3) is 0.333. The van der Waals surface area contributed by atoms with Gasteiger partial charge in [-0.2, -0.15) is 0 Å². The Morgan fingerprint density at radius 3 is 2.35 bits per heavy atom. The summed E-state index contributed by atoms with van der Waals surface area (Å²) in [4.78, 5) is 3.05. The molecule has 0 spiro atoms. The second-order valence-electron chi connectivity index (χ2n) is 4.74. The van der Waals surface area contributed by atoms with Crippen LogP contribution in [0.15, 0.2) is 35.7 Å². The molecule has 2 nitrogen and oxygen atoms in total. The van der Waals surface area contributed by atoms with Crippen LogP contribution >= 0.6 is 11.3 Å². The summed E-state index contributed by atoms with van der Waals surface area (Å²) in [5.41, 5.74) is 5.81. The topological polar surface area (TPSA) is 29.3 Å². The third-order valence-corrected chi connectivity index (χ3v) is 4.66. The Kier molecular flexibility index (Phi) is 4.86. The van der Waals surface area contributed by atoms with E-state index in [2.05, 4.69) is 0 Å². The molecule has 1 aromatic carbocycles. The van der Waals surface area contributed by atoms with Crippen molar-refractivity contribution in [3.8, 4) is 0 Å². The Balaban J connectivity index is 2.32. The predicted octanol–water partition coefficient (Wildman–Crippen LogP) is 3.72. The van der Waals surface area contributed by atoms with Gasteiger partial charge < -0.3 is 5.73 Å². The molecular formula is C15H18F2N2S. The maximum atomic E-state index is 13.9. The Morgan fingerprint density at radius 2 is 1.85 bits per heavy atom. The van der Waals surface area contributed by atoms with Crippen LogP contribution in [0.2, 0.25) is 0 Å². The smallest absolute Gasteiger partial charge is 0.130 e. The Morgan fingerprint density at radius 1 is 1.20 bits per heavy atom. The van der Waals surface area contributed by atoms with Crippen LogP contribution in [-0.2, 0) is 0 Å². The molecule has 2 rings (SSSR count). The summed E-state index contributed by atoms with van der Waals surface area (Å²) in [5, 5.41) is 1.99. The fourth-order valence-corrected chi connectivity index (χ4v) is 3.15. The summed E-state index contributed by atoms with van der Waals surface area (Å²) < 4.78 is 27.9. The van der Waals surface area contributed by atoms with Crippen LogP contribution in [0.4, 0.5) is 8.78 Å². The molecule has 0 saturated heterocycles. The van der Waals surface area contributed by atoms with Gasteiger partial charge in [0.25, 0.3) is 0 Å². The first-order valence-electron chi connectivity index (χ1n) is 6.45. The molecule has 0 radical (unpaired) electrons. The van der Waals surface area contributed by atoms with Crippen molar-refractivity contribution in [3.63, 3.8) is 0 Å². The lowest BCUT2D eigenvalue weighted by Crippen LogP contribution is -2.33. The zero-order valence-corrected chi connectivity index (χ0v) is 12.3. The average Bonchev–Trinajstić information content (AvgIpc) is 2.95. The van der Waals surface area contributed by atoms with Gasteiger partial charge in [0, 0.05) is 23.0 Å². The first-order valence-corrected chi connectivity index (χ1v) is 7.33. The van der Waals surface area contributed by atoms with E-state index in [-0.39, 0.29) is 18.2 Å². The van der Waals surface area contributed by atoms with Gasteiger partial charge in [0.15, 0.2) is 0 Å². The molecule has 1 aromatic heterocycles. The summed E-state index contributed by atoms with van der Waals surface area (Å²) >= 11 is 1.62. The zero-order chi connectivity index (χ0) is 14.7. The highest BCUT2D eigenvalue weighted by Gasteiger charge is 2.26.